The second kappa shape index (κ2) is 11.6. The molecule has 6 nitrogen and oxygen atoms in total. The number of hydrogen-bond acceptors (Lipinski definition) is 4. The minimum Gasteiger partial charge on any atom is -0.508 e. The molecule has 2 rings (SSSR count). The molecule has 10 heteroatoms. The van der Waals surface area contributed by atoms with Gasteiger partial charge in [0, 0.05) is 25.7 Å². The summed E-state index contributed by atoms with van der Waals surface area (Å²) in [7, 11) is 3.15. The molecule has 0 aliphatic heterocycles. The molecular formula is C19H23F3IN3O3. The third-order valence-electron chi connectivity index (χ3n) is 3.74. The van der Waals surface area contributed by atoms with Gasteiger partial charge >= 0.3 is 6.18 Å². The van der Waals surface area contributed by atoms with E-state index in [1.165, 1.54) is 12.1 Å². The molecular weight excluding hydrogens is 502 g/mol. The topological polar surface area (TPSA) is 75.1 Å². The van der Waals surface area contributed by atoms with E-state index < -0.39 is 12.8 Å². The standard InChI is InChI=1S/C19H22F3N3O3.HI/c1-23-18(25-11-14-9-16(27-2)7-8-17(14)26)24-10-13-3-5-15(6-4-13)28-12-19(20,21)22;/h3-9,26H,10-12H2,1-2H3,(H2,23,24,25);1H. The molecule has 0 bridgehead atoms. The lowest BCUT2D eigenvalue weighted by molar-refractivity contribution is -0.153. The van der Waals surface area contributed by atoms with Gasteiger partial charge in [0.05, 0.1) is 7.11 Å². The van der Waals surface area contributed by atoms with E-state index in [1.807, 2.05) is 0 Å². The van der Waals surface area contributed by atoms with Gasteiger partial charge in [0.25, 0.3) is 0 Å². The van der Waals surface area contributed by atoms with Crippen LogP contribution in [0.5, 0.6) is 17.2 Å². The molecule has 0 saturated heterocycles. The van der Waals surface area contributed by atoms with Gasteiger partial charge in [-0.3, -0.25) is 4.99 Å². The number of alkyl halides is 3. The van der Waals surface area contributed by atoms with Gasteiger partial charge in [0.15, 0.2) is 12.6 Å². The van der Waals surface area contributed by atoms with Crippen LogP contribution in [0.25, 0.3) is 0 Å². The van der Waals surface area contributed by atoms with Crippen molar-refractivity contribution in [3.63, 3.8) is 0 Å². The molecule has 2 aromatic rings. The van der Waals surface area contributed by atoms with Crippen molar-refractivity contribution in [3.8, 4) is 17.2 Å². The summed E-state index contributed by atoms with van der Waals surface area (Å²) in [5.74, 6) is 1.42. The Kier molecular flexibility index (Phi) is 9.86. The number of aliphatic imine (C=N–C) groups is 1. The first-order chi connectivity index (χ1) is 13.3. The van der Waals surface area contributed by atoms with Crippen molar-refractivity contribution in [2.75, 3.05) is 20.8 Å². The zero-order chi connectivity index (χ0) is 20.6. The molecule has 0 atom stereocenters. The van der Waals surface area contributed by atoms with Crippen LogP contribution in [-0.4, -0.2) is 38.0 Å². The van der Waals surface area contributed by atoms with E-state index in [9.17, 15) is 18.3 Å². The second-order valence-corrected chi connectivity index (χ2v) is 5.82. The maximum atomic E-state index is 12.2. The van der Waals surface area contributed by atoms with Crippen molar-refractivity contribution in [1.82, 2.24) is 10.6 Å². The Morgan fingerprint density at radius 2 is 1.66 bits per heavy atom. The van der Waals surface area contributed by atoms with E-state index in [2.05, 4.69) is 20.4 Å². The van der Waals surface area contributed by atoms with Crippen molar-refractivity contribution in [3.05, 3.63) is 53.6 Å². The van der Waals surface area contributed by atoms with Crippen LogP contribution in [0.4, 0.5) is 13.2 Å². The van der Waals surface area contributed by atoms with Crippen LogP contribution in [0, 0.1) is 0 Å². The number of aromatic hydroxyl groups is 1. The fourth-order valence-electron chi connectivity index (χ4n) is 2.28. The highest BCUT2D eigenvalue weighted by Gasteiger charge is 2.28. The second-order valence-electron chi connectivity index (χ2n) is 5.82. The predicted molar refractivity (Wildman–Crippen MR) is 115 cm³/mol. The molecule has 0 spiro atoms. The Hall–Kier alpha value is -2.37. The van der Waals surface area contributed by atoms with E-state index in [1.54, 1.807) is 44.5 Å². The van der Waals surface area contributed by atoms with Crippen LogP contribution in [-0.2, 0) is 13.1 Å². The summed E-state index contributed by atoms with van der Waals surface area (Å²) in [5, 5.41) is 16.1. The first kappa shape index (κ1) is 24.7. The minimum absolute atomic E-state index is 0. The summed E-state index contributed by atoms with van der Waals surface area (Å²) in [5.41, 5.74) is 1.49. The van der Waals surface area contributed by atoms with Crippen LogP contribution >= 0.6 is 24.0 Å². The van der Waals surface area contributed by atoms with Crippen LogP contribution in [0.3, 0.4) is 0 Å². The first-order valence-electron chi connectivity index (χ1n) is 8.39. The third kappa shape index (κ3) is 8.67. The fraction of sp³-hybridized carbons (Fsp3) is 0.316. The summed E-state index contributed by atoms with van der Waals surface area (Å²) < 4.78 is 46.3. The molecule has 0 aromatic heterocycles. The normalized spacial score (nSPS) is 11.4. The molecule has 0 unspecified atom stereocenters. The lowest BCUT2D eigenvalue weighted by atomic mass is 10.2. The molecule has 0 saturated carbocycles. The average Bonchev–Trinajstić information content (AvgIpc) is 2.68. The van der Waals surface area contributed by atoms with Gasteiger partial charge in [-0.1, -0.05) is 12.1 Å². The predicted octanol–water partition coefficient (Wildman–Crippen LogP) is 3.83. The van der Waals surface area contributed by atoms with Crippen LogP contribution in [0.2, 0.25) is 0 Å². The number of benzene rings is 2. The van der Waals surface area contributed by atoms with Gasteiger partial charge in [0.1, 0.15) is 17.2 Å². The number of methoxy groups -OCH3 is 1. The highest BCUT2D eigenvalue weighted by atomic mass is 127. The quantitative estimate of drug-likeness (QED) is 0.291. The van der Waals surface area contributed by atoms with E-state index >= 15 is 0 Å². The van der Waals surface area contributed by atoms with Gasteiger partial charge in [-0.2, -0.15) is 13.2 Å². The summed E-state index contributed by atoms with van der Waals surface area (Å²) >= 11 is 0. The van der Waals surface area contributed by atoms with E-state index in [0.717, 1.165) is 5.56 Å². The van der Waals surface area contributed by atoms with Crippen molar-refractivity contribution in [1.29, 1.82) is 0 Å². The van der Waals surface area contributed by atoms with Crippen LogP contribution in [0.15, 0.2) is 47.5 Å². The van der Waals surface area contributed by atoms with Gasteiger partial charge in [-0.05, 0) is 35.9 Å². The summed E-state index contributed by atoms with van der Waals surface area (Å²) in [4.78, 5) is 4.10. The Balaban J connectivity index is 0.00000420. The van der Waals surface area contributed by atoms with Gasteiger partial charge < -0.3 is 25.2 Å². The molecule has 2 aromatic carbocycles. The average molecular weight is 525 g/mol. The SMILES string of the molecule is CN=C(NCc1ccc(OCC(F)(F)F)cc1)NCc1cc(OC)ccc1O.I. The van der Waals surface area contributed by atoms with Crippen LogP contribution < -0.4 is 20.1 Å². The van der Waals surface area contributed by atoms with Gasteiger partial charge in [-0.15, -0.1) is 24.0 Å². The number of nitrogens with zero attached hydrogens (tertiary/aromatic N) is 1. The Labute approximate surface area is 184 Å². The number of nitrogens with one attached hydrogen (secondary N) is 2. The number of hydrogen-bond donors (Lipinski definition) is 3. The number of phenolic OH excluding ortho intramolecular Hbond substituents is 1. The lowest BCUT2D eigenvalue weighted by Gasteiger charge is -2.14. The maximum absolute atomic E-state index is 12.2. The molecule has 3 N–H and O–H groups in total. The lowest BCUT2D eigenvalue weighted by Crippen LogP contribution is -2.36. The fourth-order valence-corrected chi connectivity index (χ4v) is 2.28. The monoisotopic (exact) mass is 525 g/mol. The zero-order valence-corrected chi connectivity index (χ0v) is 18.2. The molecule has 0 aliphatic rings. The Morgan fingerprint density at radius 1 is 1.03 bits per heavy atom. The molecule has 0 fully saturated rings. The van der Waals surface area contributed by atoms with Crippen molar-refractivity contribution in [2.45, 2.75) is 19.3 Å². The molecule has 0 radical (unpaired) electrons. The first-order valence-corrected chi connectivity index (χ1v) is 8.39. The molecule has 0 aliphatic carbocycles. The highest BCUT2D eigenvalue weighted by molar-refractivity contribution is 14.0. The van der Waals surface area contributed by atoms with Crippen molar-refractivity contribution in [2.24, 2.45) is 4.99 Å². The number of guanidine groups is 1. The largest absolute Gasteiger partial charge is 0.508 e. The van der Waals surface area contributed by atoms with Gasteiger partial charge in [-0.25, -0.2) is 0 Å². The Bertz CT molecular complexity index is 800. The molecule has 0 amide bonds. The number of rotatable bonds is 7. The Morgan fingerprint density at radius 3 is 2.24 bits per heavy atom. The van der Waals surface area contributed by atoms with Crippen LogP contribution in [0.1, 0.15) is 11.1 Å². The zero-order valence-electron chi connectivity index (χ0n) is 15.9. The molecule has 160 valence electrons. The van der Waals surface area contributed by atoms with E-state index in [-0.39, 0.29) is 35.5 Å². The van der Waals surface area contributed by atoms with Crippen molar-refractivity contribution < 1.29 is 27.8 Å². The van der Waals surface area contributed by atoms with E-state index in [0.29, 0.717) is 30.4 Å². The maximum Gasteiger partial charge on any atom is 0.422 e. The minimum atomic E-state index is -4.37. The summed E-state index contributed by atoms with van der Waals surface area (Å²) in [6.07, 6.45) is -4.37. The van der Waals surface area contributed by atoms with Crippen molar-refractivity contribution >= 4 is 29.9 Å². The summed E-state index contributed by atoms with van der Waals surface area (Å²) in [6, 6.07) is 11.2. The van der Waals surface area contributed by atoms with E-state index in [4.69, 9.17) is 4.74 Å². The third-order valence-corrected chi connectivity index (χ3v) is 3.74. The summed E-state index contributed by atoms with van der Waals surface area (Å²) in [6.45, 7) is -0.589. The number of halogens is 4. The van der Waals surface area contributed by atoms with Gasteiger partial charge in [0.2, 0.25) is 0 Å². The molecule has 29 heavy (non-hydrogen) atoms. The smallest absolute Gasteiger partial charge is 0.422 e. The number of ether oxygens (including phenoxy) is 2. The highest BCUT2D eigenvalue weighted by Crippen LogP contribution is 2.22. The molecule has 0 heterocycles. The number of phenols is 1.